The molecule has 3 heteroatoms. The van der Waals surface area contributed by atoms with Gasteiger partial charge >= 0.3 is 5.97 Å². The van der Waals surface area contributed by atoms with Crippen molar-refractivity contribution in [1.29, 1.82) is 0 Å². The third-order valence-electron chi connectivity index (χ3n) is 3.53. The van der Waals surface area contributed by atoms with E-state index in [1.807, 2.05) is 32.0 Å². The van der Waals surface area contributed by atoms with Gasteiger partial charge in [0.25, 0.3) is 0 Å². The molecule has 0 saturated heterocycles. The first-order valence-electron chi connectivity index (χ1n) is 7.04. The van der Waals surface area contributed by atoms with E-state index in [2.05, 4.69) is 0 Å². The maximum atomic E-state index is 11.7. The number of ether oxygens (including phenoxy) is 2. The highest BCUT2D eigenvalue weighted by Gasteiger charge is 2.18. The molecule has 1 aliphatic carbocycles. The van der Waals surface area contributed by atoms with Crippen LogP contribution in [0.4, 0.5) is 0 Å². The maximum Gasteiger partial charge on any atom is 0.344 e. The molecule has 104 valence electrons. The van der Waals surface area contributed by atoms with E-state index >= 15 is 0 Å². The van der Waals surface area contributed by atoms with Gasteiger partial charge in [-0.1, -0.05) is 24.1 Å². The van der Waals surface area contributed by atoms with Crippen molar-refractivity contribution >= 4 is 5.97 Å². The Morgan fingerprint density at radius 1 is 1.21 bits per heavy atom. The van der Waals surface area contributed by atoms with E-state index in [9.17, 15) is 4.79 Å². The molecule has 19 heavy (non-hydrogen) atoms. The summed E-state index contributed by atoms with van der Waals surface area (Å²) in [5, 5.41) is 0. The molecule has 0 heterocycles. The molecule has 0 bridgehead atoms. The van der Waals surface area contributed by atoms with Gasteiger partial charge in [0.15, 0.2) is 6.61 Å². The van der Waals surface area contributed by atoms with Crippen molar-refractivity contribution in [2.24, 2.45) is 0 Å². The lowest BCUT2D eigenvalue weighted by Crippen LogP contribution is -2.24. The molecule has 1 fully saturated rings. The molecule has 3 nitrogen and oxygen atoms in total. The monoisotopic (exact) mass is 262 g/mol. The Labute approximate surface area is 114 Å². The second-order valence-corrected chi connectivity index (χ2v) is 5.31. The zero-order valence-corrected chi connectivity index (χ0v) is 11.8. The zero-order chi connectivity index (χ0) is 13.7. The molecule has 0 amide bonds. The van der Waals surface area contributed by atoms with E-state index < -0.39 is 0 Å². The van der Waals surface area contributed by atoms with Crippen LogP contribution in [0.3, 0.4) is 0 Å². The van der Waals surface area contributed by atoms with Gasteiger partial charge in [0.2, 0.25) is 0 Å². The van der Waals surface area contributed by atoms with E-state index in [0.717, 1.165) is 37.0 Å². The van der Waals surface area contributed by atoms with Gasteiger partial charge in [-0.25, -0.2) is 4.79 Å². The SMILES string of the molecule is Cc1ccc(OCC(=O)OC2CCCCC2)c(C)c1. The minimum atomic E-state index is -0.258. The number of aryl methyl sites for hydroxylation is 2. The van der Waals surface area contributed by atoms with E-state index in [4.69, 9.17) is 9.47 Å². The third-order valence-corrected chi connectivity index (χ3v) is 3.53. The molecule has 0 aromatic heterocycles. The normalized spacial score (nSPS) is 16.1. The van der Waals surface area contributed by atoms with Crippen molar-refractivity contribution in [3.05, 3.63) is 29.3 Å². The summed E-state index contributed by atoms with van der Waals surface area (Å²) >= 11 is 0. The topological polar surface area (TPSA) is 35.5 Å². The summed E-state index contributed by atoms with van der Waals surface area (Å²) in [6, 6.07) is 5.93. The molecule has 1 aromatic rings. The summed E-state index contributed by atoms with van der Waals surface area (Å²) < 4.78 is 10.9. The van der Waals surface area contributed by atoms with Crippen LogP contribution in [-0.2, 0) is 9.53 Å². The first kappa shape index (κ1) is 13.9. The minimum Gasteiger partial charge on any atom is -0.482 e. The van der Waals surface area contributed by atoms with Crippen LogP contribution in [0, 0.1) is 13.8 Å². The summed E-state index contributed by atoms with van der Waals surface area (Å²) in [6.45, 7) is 4.02. The van der Waals surface area contributed by atoms with E-state index in [1.165, 1.54) is 12.0 Å². The van der Waals surface area contributed by atoms with Crippen molar-refractivity contribution in [2.45, 2.75) is 52.1 Å². The van der Waals surface area contributed by atoms with Crippen molar-refractivity contribution in [3.63, 3.8) is 0 Å². The average molecular weight is 262 g/mol. The number of rotatable bonds is 4. The number of carbonyl (C=O) groups is 1. The van der Waals surface area contributed by atoms with Gasteiger partial charge in [-0.3, -0.25) is 0 Å². The summed E-state index contributed by atoms with van der Waals surface area (Å²) in [5.41, 5.74) is 2.24. The first-order chi connectivity index (χ1) is 9.15. The van der Waals surface area contributed by atoms with Crippen molar-refractivity contribution < 1.29 is 14.3 Å². The zero-order valence-electron chi connectivity index (χ0n) is 11.8. The van der Waals surface area contributed by atoms with Crippen LogP contribution in [0.15, 0.2) is 18.2 Å². The number of hydrogen-bond acceptors (Lipinski definition) is 3. The van der Waals surface area contributed by atoms with Crippen molar-refractivity contribution in [3.8, 4) is 5.75 Å². The Kier molecular flexibility index (Phi) is 4.83. The van der Waals surface area contributed by atoms with Crippen LogP contribution in [0.2, 0.25) is 0 Å². The Balaban J connectivity index is 1.79. The molecule has 1 aliphatic rings. The highest BCUT2D eigenvalue weighted by molar-refractivity contribution is 5.71. The Bertz CT molecular complexity index is 434. The third kappa shape index (κ3) is 4.27. The largest absolute Gasteiger partial charge is 0.482 e. The van der Waals surface area contributed by atoms with Gasteiger partial charge in [0, 0.05) is 0 Å². The highest BCUT2D eigenvalue weighted by atomic mass is 16.6. The van der Waals surface area contributed by atoms with Gasteiger partial charge < -0.3 is 9.47 Å². The van der Waals surface area contributed by atoms with Crippen molar-refractivity contribution in [2.75, 3.05) is 6.61 Å². The average Bonchev–Trinajstić information content (AvgIpc) is 2.39. The predicted molar refractivity (Wildman–Crippen MR) is 74.4 cm³/mol. The maximum absolute atomic E-state index is 11.7. The molecule has 0 radical (unpaired) electrons. The first-order valence-corrected chi connectivity index (χ1v) is 7.04. The fourth-order valence-electron chi connectivity index (χ4n) is 2.50. The number of benzene rings is 1. The lowest BCUT2D eigenvalue weighted by molar-refractivity contribution is -0.152. The van der Waals surface area contributed by atoms with Crippen LogP contribution < -0.4 is 4.74 Å². The molecule has 0 spiro atoms. The molecule has 2 rings (SSSR count). The van der Waals surface area contributed by atoms with Gasteiger partial charge in [-0.2, -0.15) is 0 Å². The van der Waals surface area contributed by atoms with Crippen LogP contribution in [0.25, 0.3) is 0 Å². The Morgan fingerprint density at radius 2 is 1.95 bits per heavy atom. The fraction of sp³-hybridized carbons (Fsp3) is 0.562. The lowest BCUT2D eigenvalue weighted by Gasteiger charge is -2.21. The molecule has 0 aliphatic heterocycles. The number of hydrogen-bond donors (Lipinski definition) is 0. The molecule has 1 aromatic carbocycles. The van der Waals surface area contributed by atoms with E-state index in [0.29, 0.717) is 0 Å². The second kappa shape index (κ2) is 6.60. The molecular weight excluding hydrogens is 240 g/mol. The lowest BCUT2D eigenvalue weighted by atomic mass is 9.98. The van der Waals surface area contributed by atoms with Crippen LogP contribution in [0.5, 0.6) is 5.75 Å². The summed E-state index contributed by atoms with van der Waals surface area (Å²) in [4.78, 5) is 11.7. The molecule has 0 atom stereocenters. The van der Waals surface area contributed by atoms with Gasteiger partial charge in [-0.05, 0) is 51.2 Å². The predicted octanol–water partition coefficient (Wildman–Crippen LogP) is 3.56. The Morgan fingerprint density at radius 3 is 2.63 bits per heavy atom. The van der Waals surface area contributed by atoms with Crippen molar-refractivity contribution in [1.82, 2.24) is 0 Å². The summed E-state index contributed by atoms with van der Waals surface area (Å²) in [7, 11) is 0. The standard InChI is InChI=1S/C16H22O3/c1-12-8-9-15(13(2)10-12)18-11-16(17)19-14-6-4-3-5-7-14/h8-10,14H,3-7,11H2,1-2H3. The second-order valence-electron chi connectivity index (χ2n) is 5.31. The highest BCUT2D eigenvalue weighted by Crippen LogP contribution is 2.21. The summed E-state index contributed by atoms with van der Waals surface area (Å²) in [5.74, 6) is 0.498. The summed E-state index contributed by atoms with van der Waals surface area (Å²) in [6.07, 6.45) is 5.67. The van der Waals surface area contributed by atoms with Gasteiger partial charge in [0.1, 0.15) is 11.9 Å². The molecule has 1 saturated carbocycles. The molecule has 0 unspecified atom stereocenters. The van der Waals surface area contributed by atoms with E-state index in [-0.39, 0.29) is 18.7 Å². The smallest absolute Gasteiger partial charge is 0.344 e. The number of carbonyl (C=O) groups excluding carboxylic acids is 1. The quantitative estimate of drug-likeness (QED) is 0.778. The van der Waals surface area contributed by atoms with E-state index in [1.54, 1.807) is 0 Å². The minimum absolute atomic E-state index is 0.000398. The molecular formula is C16H22O3. The van der Waals surface area contributed by atoms with Gasteiger partial charge in [0.05, 0.1) is 0 Å². The fourth-order valence-corrected chi connectivity index (χ4v) is 2.50. The van der Waals surface area contributed by atoms with Crippen LogP contribution in [-0.4, -0.2) is 18.7 Å². The number of esters is 1. The van der Waals surface area contributed by atoms with Gasteiger partial charge in [-0.15, -0.1) is 0 Å². The van der Waals surface area contributed by atoms with Crippen LogP contribution >= 0.6 is 0 Å². The Hall–Kier alpha value is -1.51. The van der Waals surface area contributed by atoms with Crippen LogP contribution in [0.1, 0.15) is 43.2 Å². The molecule has 0 N–H and O–H groups in total.